The fourth-order valence-electron chi connectivity index (χ4n) is 3.89. The van der Waals surface area contributed by atoms with Crippen LogP contribution in [0.5, 0.6) is 5.75 Å². The summed E-state index contributed by atoms with van der Waals surface area (Å²) in [5, 5.41) is 24.7. The molecule has 24 heavy (non-hydrogen) atoms. The van der Waals surface area contributed by atoms with Gasteiger partial charge in [-0.05, 0) is 40.1 Å². The second-order valence-corrected chi connectivity index (χ2v) is 7.55. The van der Waals surface area contributed by atoms with Crippen molar-refractivity contribution in [1.82, 2.24) is 5.43 Å². The summed E-state index contributed by atoms with van der Waals surface area (Å²) in [6.45, 7) is 2.15. The van der Waals surface area contributed by atoms with E-state index in [0.717, 1.165) is 19.3 Å². The Morgan fingerprint density at radius 3 is 2.92 bits per heavy atom. The molecule has 2 aliphatic rings. The summed E-state index contributed by atoms with van der Waals surface area (Å²) in [6.07, 6.45) is 5.70. The van der Waals surface area contributed by atoms with Crippen molar-refractivity contribution in [3.8, 4) is 5.75 Å². The first-order valence-corrected chi connectivity index (χ1v) is 8.63. The van der Waals surface area contributed by atoms with E-state index in [0.29, 0.717) is 5.92 Å². The molecule has 1 amide bonds. The van der Waals surface area contributed by atoms with E-state index in [1.54, 1.807) is 0 Å². The van der Waals surface area contributed by atoms with Crippen LogP contribution in [0, 0.1) is 27.4 Å². The number of nitrogens with zero attached hydrogens (tertiary/aromatic N) is 2. The number of non-ortho nitro benzene ring substituents is 1. The Bertz CT molecular complexity index is 736. The predicted molar refractivity (Wildman–Crippen MR) is 91.8 cm³/mol. The molecule has 2 saturated carbocycles. The van der Waals surface area contributed by atoms with Crippen molar-refractivity contribution in [3.63, 3.8) is 0 Å². The molecule has 0 spiro atoms. The highest BCUT2D eigenvalue weighted by Crippen LogP contribution is 2.66. The number of amides is 1. The lowest BCUT2D eigenvalue weighted by atomic mass is 9.90. The number of hydrogen-bond donors (Lipinski definition) is 2. The first-order chi connectivity index (χ1) is 11.3. The number of nitro benzene ring substituents is 1. The highest BCUT2D eigenvalue weighted by atomic mass is 79.9. The van der Waals surface area contributed by atoms with Gasteiger partial charge in [0.1, 0.15) is 5.75 Å². The second kappa shape index (κ2) is 6.16. The molecule has 7 nitrogen and oxygen atoms in total. The Kier molecular flexibility index (Phi) is 4.33. The lowest BCUT2D eigenvalue weighted by molar-refractivity contribution is -0.385. The molecule has 2 fully saturated rings. The number of carbonyl (C=O) groups is 1. The van der Waals surface area contributed by atoms with E-state index in [2.05, 4.69) is 33.4 Å². The van der Waals surface area contributed by atoms with Gasteiger partial charge in [0.2, 0.25) is 5.91 Å². The summed E-state index contributed by atoms with van der Waals surface area (Å²) < 4.78 is 0.199. The van der Waals surface area contributed by atoms with Crippen LogP contribution in [0.2, 0.25) is 0 Å². The van der Waals surface area contributed by atoms with Crippen molar-refractivity contribution >= 4 is 33.7 Å². The molecule has 128 valence electrons. The SMILES string of the molecule is C[C@]12CCCC[C@H]1[C@H]2C(=O)N/N=C\c1cc([N+](=O)[O-])cc(Br)c1O. The van der Waals surface area contributed by atoms with Crippen LogP contribution in [0.4, 0.5) is 5.69 Å². The second-order valence-electron chi connectivity index (χ2n) is 6.69. The highest BCUT2D eigenvalue weighted by molar-refractivity contribution is 9.10. The molecule has 2 N–H and O–H groups in total. The summed E-state index contributed by atoms with van der Waals surface area (Å²) in [7, 11) is 0. The van der Waals surface area contributed by atoms with Crippen molar-refractivity contribution < 1.29 is 14.8 Å². The lowest BCUT2D eigenvalue weighted by Gasteiger charge is -2.15. The standard InChI is InChI=1S/C16H18BrN3O4/c1-16-5-3-2-4-11(16)13(16)15(22)19-18-8-9-6-10(20(23)24)7-12(17)14(9)21/h6-8,11,13,21H,2-5H2,1H3,(H,19,22)/b18-8-/t11-,13-,16-/m0/s1. The number of phenols is 1. The minimum Gasteiger partial charge on any atom is -0.506 e. The van der Waals surface area contributed by atoms with E-state index in [9.17, 15) is 20.0 Å². The van der Waals surface area contributed by atoms with E-state index in [-0.39, 0.29) is 38.7 Å². The molecule has 1 aromatic carbocycles. The van der Waals surface area contributed by atoms with Crippen LogP contribution in [0.15, 0.2) is 21.7 Å². The molecule has 0 aromatic heterocycles. The number of aromatic hydroxyl groups is 1. The maximum absolute atomic E-state index is 12.3. The van der Waals surface area contributed by atoms with Crippen molar-refractivity contribution in [1.29, 1.82) is 0 Å². The van der Waals surface area contributed by atoms with Crippen LogP contribution >= 0.6 is 15.9 Å². The van der Waals surface area contributed by atoms with Gasteiger partial charge in [-0.25, -0.2) is 5.43 Å². The van der Waals surface area contributed by atoms with E-state index < -0.39 is 4.92 Å². The van der Waals surface area contributed by atoms with Crippen LogP contribution in [-0.4, -0.2) is 22.2 Å². The summed E-state index contributed by atoms with van der Waals surface area (Å²) in [4.78, 5) is 22.6. The van der Waals surface area contributed by atoms with Crippen LogP contribution in [0.25, 0.3) is 0 Å². The molecule has 0 unspecified atom stereocenters. The third-order valence-corrected chi connectivity index (χ3v) is 5.89. The van der Waals surface area contributed by atoms with Gasteiger partial charge in [-0.15, -0.1) is 0 Å². The molecule has 0 heterocycles. The van der Waals surface area contributed by atoms with Crippen molar-refractivity contribution in [2.75, 3.05) is 0 Å². The molecule has 0 aliphatic heterocycles. The molecule has 1 aromatic rings. The number of nitro groups is 1. The zero-order valence-electron chi connectivity index (χ0n) is 13.2. The third-order valence-electron chi connectivity index (χ3n) is 5.28. The van der Waals surface area contributed by atoms with Gasteiger partial charge in [0.05, 0.1) is 15.6 Å². The lowest BCUT2D eigenvalue weighted by Crippen LogP contribution is -2.22. The average molecular weight is 396 g/mol. The number of carbonyl (C=O) groups excluding carboxylic acids is 1. The van der Waals surface area contributed by atoms with Gasteiger partial charge in [0, 0.05) is 23.6 Å². The molecule has 8 heteroatoms. The Labute approximate surface area is 147 Å². The Hall–Kier alpha value is -1.96. The number of halogens is 1. The molecule has 3 rings (SSSR count). The zero-order chi connectivity index (χ0) is 17.5. The number of nitrogens with one attached hydrogen (secondary N) is 1. The molecule has 0 bridgehead atoms. The van der Waals surface area contributed by atoms with Crippen LogP contribution < -0.4 is 5.43 Å². The fraction of sp³-hybridized carbons (Fsp3) is 0.500. The van der Waals surface area contributed by atoms with Crippen molar-refractivity contribution in [2.24, 2.45) is 22.4 Å². The summed E-state index contributed by atoms with van der Waals surface area (Å²) in [5.74, 6) is 0.139. The van der Waals surface area contributed by atoms with Gasteiger partial charge in [-0.2, -0.15) is 5.10 Å². The largest absolute Gasteiger partial charge is 0.506 e. The Morgan fingerprint density at radius 2 is 2.29 bits per heavy atom. The molecule has 3 atom stereocenters. The molecular weight excluding hydrogens is 378 g/mol. The monoisotopic (exact) mass is 395 g/mol. The molecule has 0 radical (unpaired) electrons. The Balaban J connectivity index is 1.69. The predicted octanol–water partition coefficient (Wildman–Crippen LogP) is 3.34. The van der Waals surface area contributed by atoms with Crippen LogP contribution in [0.1, 0.15) is 38.2 Å². The smallest absolute Gasteiger partial charge is 0.271 e. The fourth-order valence-corrected chi connectivity index (χ4v) is 4.36. The minimum absolute atomic E-state index is 0.0115. The summed E-state index contributed by atoms with van der Waals surface area (Å²) in [5.41, 5.74) is 2.59. The summed E-state index contributed by atoms with van der Waals surface area (Å²) in [6, 6.07) is 2.41. The topological polar surface area (TPSA) is 105 Å². The maximum atomic E-state index is 12.3. The first kappa shape index (κ1) is 16.9. The molecule has 2 aliphatic carbocycles. The Morgan fingerprint density at radius 1 is 1.54 bits per heavy atom. The quantitative estimate of drug-likeness (QED) is 0.463. The van der Waals surface area contributed by atoms with Gasteiger partial charge in [-0.3, -0.25) is 14.9 Å². The number of hydrazone groups is 1. The van der Waals surface area contributed by atoms with E-state index in [1.165, 1.54) is 24.8 Å². The summed E-state index contributed by atoms with van der Waals surface area (Å²) >= 11 is 3.06. The van der Waals surface area contributed by atoms with Gasteiger partial charge in [0.25, 0.3) is 5.69 Å². The van der Waals surface area contributed by atoms with Gasteiger partial charge in [0.15, 0.2) is 0 Å². The van der Waals surface area contributed by atoms with E-state index >= 15 is 0 Å². The first-order valence-electron chi connectivity index (χ1n) is 7.84. The van der Waals surface area contributed by atoms with Crippen molar-refractivity contribution in [2.45, 2.75) is 32.6 Å². The number of phenolic OH excluding ortho intramolecular Hbond substituents is 1. The minimum atomic E-state index is -0.560. The zero-order valence-corrected chi connectivity index (χ0v) is 14.7. The van der Waals surface area contributed by atoms with Crippen LogP contribution in [0.3, 0.4) is 0 Å². The highest BCUT2D eigenvalue weighted by Gasteiger charge is 2.64. The van der Waals surface area contributed by atoms with Crippen molar-refractivity contribution in [3.05, 3.63) is 32.3 Å². The van der Waals surface area contributed by atoms with Gasteiger partial charge in [-0.1, -0.05) is 19.8 Å². The molecule has 0 saturated heterocycles. The average Bonchev–Trinajstić information content (AvgIpc) is 3.16. The number of rotatable bonds is 4. The number of benzene rings is 1. The van der Waals surface area contributed by atoms with Crippen LogP contribution in [-0.2, 0) is 4.79 Å². The number of hydrogen-bond acceptors (Lipinski definition) is 5. The number of fused-ring (bicyclic) bond motifs is 1. The van der Waals surface area contributed by atoms with Gasteiger partial charge >= 0.3 is 0 Å². The molecular formula is C16H18BrN3O4. The van der Waals surface area contributed by atoms with E-state index in [1.807, 2.05) is 0 Å². The van der Waals surface area contributed by atoms with E-state index in [4.69, 9.17) is 0 Å². The maximum Gasteiger partial charge on any atom is 0.271 e. The van der Waals surface area contributed by atoms with Gasteiger partial charge < -0.3 is 5.11 Å². The third kappa shape index (κ3) is 2.90. The normalized spacial score (nSPS) is 28.4.